The zero-order valence-corrected chi connectivity index (χ0v) is 16.2. The van der Waals surface area contributed by atoms with Gasteiger partial charge in [-0.1, -0.05) is 23.2 Å². The average Bonchev–Trinajstić information content (AvgIpc) is 2.88. The van der Waals surface area contributed by atoms with Crippen molar-refractivity contribution >= 4 is 56.2 Å². The molecule has 0 saturated heterocycles. The van der Waals surface area contributed by atoms with Crippen LogP contribution in [-0.2, 0) is 10.0 Å². The van der Waals surface area contributed by atoms with Gasteiger partial charge in [0.1, 0.15) is 9.23 Å². The molecule has 24 heavy (non-hydrogen) atoms. The molecule has 2 rings (SSSR count). The molecule has 5 nitrogen and oxygen atoms in total. The first kappa shape index (κ1) is 19.1. The summed E-state index contributed by atoms with van der Waals surface area (Å²) in [6.07, 6.45) is 0. The van der Waals surface area contributed by atoms with Gasteiger partial charge in [-0.3, -0.25) is 9.52 Å². The van der Waals surface area contributed by atoms with E-state index in [1.165, 1.54) is 18.2 Å². The molecule has 0 fully saturated rings. The van der Waals surface area contributed by atoms with Crippen molar-refractivity contribution in [2.45, 2.75) is 18.7 Å². The van der Waals surface area contributed by atoms with E-state index in [0.717, 1.165) is 11.3 Å². The van der Waals surface area contributed by atoms with Gasteiger partial charge in [0.15, 0.2) is 0 Å². The highest BCUT2D eigenvalue weighted by Crippen LogP contribution is 2.35. The number of hydrogen-bond donors (Lipinski definition) is 1. The summed E-state index contributed by atoms with van der Waals surface area (Å²) in [6.45, 7) is 5.03. The molecule has 1 amide bonds. The lowest BCUT2D eigenvalue weighted by Crippen LogP contribution is -2.30. The topological polar surface area (TPSA) is 66.5 Å². The summed E-state index contributed by atoms with van der Waals surface area (Å²) in [6, 6.07) is 7.54. The first-order valence-electron chi connectivity index (χ1n) is 7.15. The van der Waals surface area contributed by atoms with Crippen molar-refractivity contribution in [3.63, 3.8) is 0 Å². The predicted molar refractivity (Wildman–Crippen MR) is 98.8 cm³/mol. The third kappa shape index (κ3) is 4.22. The summed E-state index contributed by atoms with van der Waals surface area (Å²) in [5.74, 6) is -0.0953. The maximum atomic E-state index is 12.3. The molecule has 1 N–H and O–H groups in total. The molecule has 130 valence electrons. The van der Waals surface area contributed by atoms with Gasteiger partial charge in [-0.2, -0.15) is 0 Å². The highest BCUT2D eigenvalue weighted by atomic mass is 35.5. The molecule has 0 aliphatic carbocycles. The molecule has 0 saturated carbocycles. The third-order valence-corrected chi connectivity index (χ3v) is 6.48. The molecule has 1 heterocycles. The Balaban J connectivity index is 2.20. The number of nitrogens with one attached hydrogen (secondary N) is 1. The molecular weight excluding hydrogens is 391 g/mol. The summed E-state index contributed by atoms with van der Waals surface area (Å²) >= 11 is 12.7. The Bertz CT molecular complexity index is 829. The molecule has 0 bridgehead atoms. The van der Waals surface area contributed by atoms with Crippen molar-refractivity contribution < 1.29 is 13.2 Å². The van der Waals surface area contributed by atoms with E-state index < -0.39 is 10.0 Å². The lowest BCUT2D eigenvalue weighted by atomic mass is 10.2. The lowest BCUT2D eigenvalue weighted by Gasteiger charge is -2.18. The molecule has 1 aromatic heterocycles. The van der Waals surface area contributed by atoms with Gasteiger partial charge in [-0.15, -0.1) is 11.3 Å². The predicted octanol–water partition coefficient (Wildman–Crippen LogP) is 4.34. The zero-order chi connectivity index (χ0) is 17.9. The minimum atomic E-state index is -3.83. The van der Waals surface area contributed by atoms with Crippen molar-refractivity contribution in [3.8, 4) is 0 Å². The number of carbonyl (C=O) groups excluding carboxylic acids is 1. The molecule has 1 aromatic carbocycles. The van der Waals surface area contributed by atoms with Crippen LogP contribution in [0.4, 0.5) is 5.69 Å². The van der Waals surface area contributed by atoms with Crippen LogP contribution in [0.15, 0.2) is 35.2 Å². The Morgan fingerprint density at radius 2 is 1.75 bits per heavy atom. The number of rotatable bonds is 6. The average molecular weight is 407 g/mol. The first-order valence-corrected chi connectivity index (χ1v) is 10.2. The second kappa shape index (κ2) is 7.74. The standard InChI is InChI=1S/C15H16Cl2N2O3S2/c1-3-19(4-2)15(20)10-5-7-11(8-6-10)18-24(21,22)12-9-13(16)23-14(12)17/h5-9,18H,3-4H2,1-2H3. The highest BCUT2D eigenvalue weighted by Gasteiger charge is 2.21. The third-order valence-electron chi connectivity index (χ3n) is 3.35. The van der Waals surface area contributed by atoms with Gasteiger partial charge in [0.05, 0.1) is 4.34 Å². The van der Waals surface area contributed by atoms with Crippen LogP contribution in [0.3, 0.4) is 0 Å². The molecule has 0 radical (unpaired) electrons. The Kier molecular flexibility index (Phi) is 6.14. The largest absolute Gasteiger partial charge is 0.339 e. The van der Waals surface area contributed by atoms with Gasteiger partial charge in [0, 0.05) is 24.3 Å². The van der Waals surface area contributed by atoms with Crippen LogP contribution < -0.4 is 4.72 Å². The number of benzene rings is 1. The molecule has 0 unspecified atom stereocenters. The smallest absolute Gasteiger partial charge is 0.264 e. The molecule has 2 aromatic rings. The monoisotopic (exact) mass is 406 g/mol. The van der Waals surface area contributed by atoms with E-state index in [4.69, 9.17) is 23.2 Å². The minimum absolute atomic E-state index is 0.0672. The maximum absolute atomic E-state index is 12.3. The van der Waals surface area contributed by atoms with Crippen molar-refractivity contribution in [1.29, 1.82) is 0 Å². The number of halogens is 2. The second-order valence-electron chi connectivity index (χ2n) is 4.85. The van der Waals surface area contributed by atoms with E-state index in [2.05, 4.69) is 4.72 Å². The van der Waals surface area contributed by atoms with Gasteiger partial charge in [0.25, 0.3) is 15.9 Å². The van der Waals surface area contributed by atoms with Crippen LogP contribution in [0.5, 0.6) is 0 Å². The van der Waals surface area contributed by atoms with Gasteiger partial charge >= 0.3 is 0 Å². The lowest BCUT2D eigenvalue weighted by molar-refractivity contribution is 0.0773. The van der Waals surface area contributed by atoms with Gasteiger partial charge in [0.2, 0.25) is 0 Å². The summed E-state index contributed by atoms with van der Waals surface area (Å²) < 4.78 is 27.5. The number of nitrogens with zero attached hydrogens (tertiary/aromatic N) is 1. The number of carbonyl (C=O) groups is 1. The van der Waals surface area contributed by atoms with Gasteiger partial charge < -0.3 is 4.90 Å². The van der Waals surface area contributed by atoms with E-state index in [9.17, 15) is 13.2 Å². The highest BCUT2D eigenvalue weighted by molar-refractivity contribution is 7.93. The minimum Gasteiger partial charge on any atom is -0.339 e. The molecular formula is C15H16Cl2N2O3S2. The second-order valence-corrected chi connectivity index (χ2v) is 8.79. The Hall–Kier alpha value is -1.28. The normalized spacial score (nSPS) is 11.3. The summed E-state index contributed by atoms with van der Waals surface area (Å²) in [4.78, 5) is 13.8. The molecule has 9 heteroatoms. The van der Waals surface area contributed by atoms with E-state index in [-0.39, 0.29) is 15.1 Å². The van der Waals surface area contributed by atoms with Crippen molar-refractivity contribution in [2.24, 2.45) is 0 Å². The van der Waals surface area contributed by atoms with Crippen molar-refractivity contribution in [1.82, 2.24) is 4.90 Å². The van der Waals surface area contributed by atoms with Crippen molar-refractivity contribution in [3.05, 3.63) is 44.6 Å². The number of amides is 1. The molecule has 0 aliphatic rings. The molecule has 0 aliphatic heterocycles. The van der Waals surface area contributed by atoms with Crippen LogP contribution >= 0.6 is 34.5 Å². The summed E-state index contributed by atoms with van der Waals surface area (Å²) in [5.41, 5.74) is 0.836. The van der Waals surface area contributed by atoms with E-state index in [1.54, 1.807) is 17.0 Å². The summed E-state index contributed by atoms with van der Waals surface area (Å²) in [7, 11) is -3.83. The van der Waals surface area contributed by atoms with Crippen LogP contribution in [0.25, 0.3) is 0 Å². The first-order chi connectivity index (χ1) is 11.3. The maximum Gasteiger partial charge on any atom is 0.264 e. The Morgan fingerprint density at radius 3 is 2.21 bits per heavy atom. The fourth-order valence-electron chi connectivity index (χ4n) is 2.09. The zero-order valence-electron chi connectivity index (χ0n) is 13.0. The van der Waals surface area contributed by atoms with Gasteiger partial charge in [-0.05, 0) is 44.2 Å². The molecule has 0 atom stereocenters. The number of sulfonamides is 1. The SMILES string of the molecule is CCN(CC)C(=O)c1ccc(NS(=O)(=O)c2cc(Cl)sc2Cl)cc1. The van der Waals surface area contributed by atoms with E-state index >= 15 is 0 Å². The Morgan fingerprint density at radius 1 is 1.17 bits per heavy atom. The number of thiophene rings is 1. The molecule has 0 spiro atoms. The number of anilines is 1. The Labute approximate surface area is 155 Å². The number of hydrogen-bond acceptors (Lipinski definition) is 4. The fourth-order valence-corrected chi connectivity index (χ4v) is 5.30. The quantitative estimate of drug-likeness (QED) is 0.775. The van der Waals surface area contributed by atoms with Crippen LogP contribution in [0.1, 0.15) is 24.2 Å². The van der Waals surface area contributed by atoms with Gasteiger partial charge in [-0.25, -0.2) is 8.42 Å². The summed E-state index contributed by atoms with van der Waals surface area (Å²) in [5, 5.41) is 0. The van der Waals surface area contributed by atoms with Crippen LogP contribution in [-0.4, -0.2) is 32.3 Å². The van der Waals surface area contributed by atoms with Crippen molar-refractivity contribution in [2.75, 3.05) is 17.8 Å². The fraction of sp³-hybridized carbons (Fsp3) is 0.267. The van der Waals surface area contributed by atoms with Crippen LogP contribution in [0, 0.1) is 0 Å². The van der Waals surface area contributed by atoms with E-state index in [0.29, 0.717) is 28.7 Å². The van der Waals surface area contributed by atoms with Crippen LogP contribution in [0.2, 0.25) is 8.67 Å². The van der Waals surface area contributed by atoms with E-state index in [1.807, 2.05) is 13.8 Å².